The largest absolute Gasteiger partial charge is 0.477 e. The average molecular weight is 861 g/mol. The molecular formula is C42H49FN8O9S. The summed E-state index contributed by atoms with van der Waals surface area (Å²) in [6.45, 7) is 5.12. The van der Waals surface area contributed by atoms with Crippen molar-refractivity contribution in [2.75, 3.05) is 42.9 Å². The number of pyridine rings is 1. The number of fused-ring (bicyclic) bond motifs is 1. The number of hydrogen-bond donors (Lipinski definition) is 6. The molecule has 1 saturated carbocycles. The predicted octanol–water partition coefficient (Wildman–Crippen LogP) is 4.30. The Hall–Kier alpha value is -6.50. The van der Waals surface area contributed by atoms with Crippen molar-refractivity contribution >= 4 is 69.4 Å². The number of benzene rings is 2. The molecule has 1 saturated heterocycles. The van der Waals surface area contributed by atoms with Crippen molar-refractivity contribution in [2.24, 2.45) is 11.1 Å². The molecule has 4 aromatic rings. The lowest BCUT2D eigenvalue weighted by Gasteiger charge is -2.40. The number of aryl methyl sites for hydroxylation is 1. The van der Waals surface area contributed by atoms with Crippen molar-refractivity contribution in [2.45, 2.75) is 71.2 Å². The Bertz CT molecular complexity index is 2340. The second-order valence-corrected chi connectivity index (χ2v) is 16.1. The summed E-state index contributed by atoms with van der Waals surface area (Å²) < 4.78 is 22.5. The fourth-order valence-electron chi connectivity index (χ4n) is 7.45. The molecule has 324 valence electrons. The van der Waals surface area contributed by atoms with Crippen LogP contribution in [-0.2, 0) is 32.3 Å². The Labute approximate surface area is 354 Å². The summed E-state index contributed by atoms with van der Waals surface area (Å²) in [5.41, 5.74) is 4.36. The number of halogens is 1. The molecule has 0 radical (unpaired) electrons. The van der Waals surface area contributed by atoms with Gasteiger partial charge in [0.1, 0.15) is 29.4 Å². The van der Waals surface area contributed by atoms with Crippen molar-refractivity contribution in [3.8, 4) is 0 Å². The number of piperazine rings is 1. The van der Waals surface area contributed by atoms with Gasteiger partial charge < -0.3 is 51.2 Å². The van der Waals surface area contributed by atoms with E-state index in [-0.39, 0.29) is 62.9 Å². The first-order valence-corrected chi connectivity index (χ1v) is 20.9. The maximum atomic E-state index is 15.3. The highest BCUT2D eigenvalue weighted by molar-refractivity contribution is 7.10. The first-order chi connectivity index (χ1) is 29.2. The molecule has 2 aliphatic rings. The lowest BCUT2D eigenvalue weighted by molar-refractivity contribution is -0.151. The number of thiophene rings is 1. The van der Waals surface area contributed by atoms with Crippen LogP contribution in [0.5, 0.6) is 0 Å². The van der Waals surface area contributed by atoms with E-state index in [4.69, 9.17) is 10.5 Å². The van der Waals surface area contributed by atoms with E-state index in [1.165, 1.54) is 28.5 Å². The van der Waals surface area contributed by atoms with Crippen molar-refractivity contribution in [3.63, 3.8) is 0 Å². The Morgan fingerprint density at radius 2 is 1.70 bits per heavy atom. The van der Waals surface area contributed by atoms with Crippen molar-refractivity contribution < 1.29 is 43.0 Å². The molecule has 2 unspecified atom stereocenters. The van der Waals surface area contributed by atoms with Crippen LogP contribution in [0.2, 0.25) is 0 Å². The number of hydrogen-bond acceptors (Lipinski definition) is 10. The van der Waals surface area contributed by atoms with Crippen LogP contribution in [0.25, 0.3) is 10.9 Å². The summed E-state index contributed by atoms with van der Waals surface area (Å²) in [7, 11) is 0. The highest BCUT2D eigenvalue weighted by atomic mass is 32.1. The van der Waals surface area contributed by atoms with E-state index in [1.54, 1.807) is 40.7 Å². The summed E-state index contributed by atoms with van der Waals surface area (Å²) in [5.74, 6) is -3.53. The minimum absolute atomic E-state index is 0.0279. The minimum atomic E-state index is -1.39. The fourth-order valence-corrected chi connectivity index (χ4v) is 8.18. The van der Waals surface area contributed by atoms with E-state index in [1.807, 2.05) is 24.4 Å². The van der Waals surface area contributed by atoms with Gasteiger partial charge in [-0.1, -0.05) is 24.6 Å². The maximum Gasteiger partial charge on any atom is 0.410 e. The number of carbonyl (C=O) groups excluding carboxylic acids is 5. The van der Waals surface area contributed by atoms with Gasteiger partial charge in [-0.3, -0.25) is 19.2 Å². The smallest absolute Gasteiger partial charge is 0.410 e. The summed E-state index contributed by atoms with van der Waals surface area (Å²) in [5, 5.41) is 22.3. The van der Waals surface area contributed by atoms with E-state index in [0.29, 0.717) is 49.0 Å². The Kier molecular flexibility index (Phi) is 13.9. The van der Waals surface area contributed by atoms with Gasteiger partial charge in [-0.25, -0.2) is 18.8 Å². The molecule has 2 aromatic carbocycles. The Balaban J connectivity index is 1.02. The number of primary amides is 1. The van der Waals surface area contributed by atoms with Crippen LogP contribution < -0.4 is 37.3 Å². The van der Waals surface area contributed by atoms with Gasteiger partial charge in [0.05, 0.1) is 17.2 Å². The SMILES string of the molecule is CCn1cc(C(=O)O)c(=O)c2cc(F)c(N3CCN(C(=O)OCc4ccc(NC(=O)C(CCCNC(N)=O)NC(=O)C5(C(=O)NC(C)c6cccs6)CCC5)cc4)CC3)cc21. The summed E-state index contributed by atoms with van der Waals surface area (Å²) in [4.78, 5) is 93.5. The summed E-state index contributed by atoms with van der Waals surface area (Å²) in [6, 6.07) is 10.9. The fraction of sp³-hybridized carbons (Fsp3) is 0.405. The number of aromatic nitrogens is 1. The topological polar surface area (TPSA) is 234 Å². The van der Waals surface area contributed by atoms with Crippen molar-refractivity contribution in [1.29, 1.82) is 0 Å². The third-order valence-corrected chi connectivity index (χ3v) is 12.2. The van der Waals surface area contributed by atoms with Crippen LogP contribution in [0.15, 0.2) is 64.9 Å². The number of ether oxygens (including phenoxy) is 1. The quantitative estimate of drug-likeness (QED) is 0.0691. The zero-order valence-electron chi connectivity index (χ0n) is 33.8. The second kappa shape index (κ2) is 19.3. The first kappa shape index (κ1) is 44.1. The zero-order chi connectivity index (χ0) is 43.8. The number of urea groups is 1. The molecule has 0 bridgehead atoms. The van der Waals surface area contributed by atoms with Crippen LogP contribution in [0.4, 0.5) is 25.4 Å². The summed E-state index contributed by atoms with van der Waals surface area (Å²) >= 11 is 1.50. The number of rotatable bonds is 16. The molecule has 6 rings (SSSR count). The minimum Gasteiger partial charge on any atom is -0.477 e. The van der Waals surface area contributed by atoms with E-state index in [2.05, 4.69) is 21.3 Å². The van der Waals surface area contributed by atoms with Gasteiger partial charge in [0.15, 0.2) is 0 Å². The molecule has 17 nitrogen and oxygen atoms in total. The predicted molar refractivity (Wildman–Crippen MR) is 226 cm³/mol. The highest BCUT2D eigenvalue weighted by Gasteiger charge is 2.51. The number of carbonyl (C=O) groups is 6. The third kappa shape index (κ3) is 10.1. The Morgan fingerprint density at radius 3 is 2.31 bits per heavy atom. The molecule has 2 fully saturated rings. The number of amides is 6. The zero-order valence-corrected chi connectivity index (χ0v) is 34.6. The number of aromatic carboxylic acids is 1. The molecule has 1 aliphatic carbocycles. The van der Waals surface area contributed by atoms with Gasteiger partial charge in [0.2, 0.25) is 23.2 Å². The monoisotopic (exact) mass is 860 g/mol. The number of nitrogens with two attached hydrogens (primary N) is 1. The van der Waals surface area contributed by atoms with Crippen molar-refractivity contribution in [1.82, 2.24) is 25.4 Å². The van der Waals surface area contributed by atoms with Gasteiger partial charge >= 0.3 is 18.1 Å². The number of anilines is 2. The van der Waals surface area contributed by atoms with Crippen LogP contribution >= 0.6 is 11.3 Å². The second-order valence-electron chi connectivity index (χ2n) is 15.1. The van der Waals surface area contributed by atoms with Gasteiger partial charge in [0.25, 0.3) is 0 Å². The molecular weight excluding hydrogens is 812 g/mol. The molecule has 2 atom stereocenters. The van der Waals surface area contributed by atoms with E-state index in [0.717, 1.165) is 10.9 Å². The third-order valence-electron chi connectivity index (χ3n) is 11.2. The lowest BCUT2D eigenvalue weighted by atomic mass is 9.67. The van der Waals surface area contributed by atoms with E-state index in [9.17, 15) is 38.7 Å². The lowest BCUT2D eigenvalue weighted by Crippen LogP contribution is -2.58. The van der Waals surface area contributed by atoms with Gasteiger partial charge in [-0.15, -0.1) is 11.3 Å². The van der Waals surface area contributed by atoms with Gasteiger partial charge in [0, 0.05) is 61.4 Å². The number of carboxylic acid groups (broad SMARTS) is 1. The van der Waals surface area contributed by atoms with Gasteiger partial charge in [-0.05, 0) is 80.8 Å². The van der Waals surface area contributed by atoms with Crippen molar-refractivity contribution in [3.05, 3.63) is 92.2 Å². The molecule has 1 aliphatic heterocycles. The van der Waals surface area contributed by atoms with Crippen LogP contribution in [0, 0.1) is 11.2 Å². The summed E-state index contributed by atoms with van der Waals surface area (Å²) in [6.07, 6.45) is 2.52. The molecule has 3 heterocycles. The Morgan fingerprint density at radius 1 is 1.00 bits per heavy atom. The molecule has 7 N–H and O–H groups in total. The first-order valence-electron chi connectivity index (χ1n) is 20.1. The number of nitrogens with one attached hydrogen (secondary N) is 4. The van der Waals surface area contributed by atoms with E-state index >= 15 is 4.39 Å². The molecule has 19 heteroatoms. The van der Waals surface area contributed by atoms with Crippen LogP contribution in [-0.4, -0.2) is 89.2 Å². The molecule has 0 spiro atoms. The van der Waals surface area contributed by atoms with E-state index < -0.39 is 64.1 Å². The standard InChI is InChI=1S/C42H49FN8O9S/c1-3-49-23-29(37(54)55)35(52)28-21-30(43)33(22-32(28)49)50-16-18-51(19-17-50)41(59)60-24-26-9-11-27(12-10-26)47-36(53)31(7-4-15-45-40(44)58)48-39(57)42(13-6-14-42)38(56)46-25(2)34-8-5-20-61-34/h5,8-12,20-23,25,31H,3-4,6-7,13-19,24H2,1-2H3,(H,46,56)(H,47,53)(H,48,57)(H,54,55)(H3,44,45,58). The van der Waals surface area contributed by atoms with Gasteiger partial charge in [-0.2, -0.15) is 0 Å². The molecule has 61 heavy (non-hydrogen) atoms. The molecule has 2 aromatic heterocycles. The number of nitrogens with zero attached hydrogens (tertiary/aromatic N) is 3. The van der Waals surface area contributed by atoms with Crippen LogP contribution in [0.1, 0.15) is 72.8 Å². The van der Waals surface area contributed by atoms with Crippen LogP contribution in [0.3, 0.4) is 0 Å². The number of carboxylic acids is 1. The average Bonchev–Trinajstić information content (AvgIpc) is 3.77. The highest BCUT2D eigenvalue weighted by Crippen LogP contribution is 2.42. The normalized spacial score (nSPS) is 15.5. The maximum absolute atomic E-state index is 15.3. The molecule has 6 amide bonds.